The van der Waals surface area contributed by atoms with Crippen molar-refractivity contribution in [3.63, 3.8) is 0 Å². The van der Waals surface area contributed by atoms with Crippen LogP contribution in [0.4, 0.5) is 0 Å². The van der Waals surface area contributed by atoms with E-state index < -0.39 is 0 Å². The smallest absolute Gasteiger partial charge is 0.164 e. The number of fused-ring (bicyclic) bond motifs is 7. The quantitative estimate of drug-likeness (QED) is 0.183. The predicted octanol–water partition coefficient (Wildman–Crippen LogP) is 12.4. The van der Waals surface area contributed by atoms with Crippen LogP contribution < -0.4 is 0 Å². The van der Waals surface area contributed by atoms with Gasteiger partial charge < -0.3 is 4.42 Å². The summed E-state index contributed by atoms with van der Waals surface area (Å²) in [7, 11) is 0. The van der Waals surface area contributed by atoms with Gasteiger partial charge in [0.15, 0.2) is 17.5 Å². The van der Waals surface area contributed by atoms with E-state index in [9.17, 15) is 0 Å². The van der Waals surface area contributed by atoms with Crippen molar-refractivity contribution in [2.24, 2.45) is 0 Å². The molecule has 246 valence electrons. The fourth-order valence-electron chi connectivity index (χ4n) is 7.93. The lowest BCUT2D eigenvalue weighted by Gasteiger charge is -2.23. The highest BCUT2D eigenvalue weighted by atomic mass is 16.3. The molecule has 4 nitrogen and oxygen atoms in total. The molecule has 0 unspecified atom stereocenters. The number of furan rings is 1. The summed E-state index contributed by atoms with van der Waals surface area (Å²) in [5.41, 5.74) is 14.5. The zero-order valence-electron chi connectivity index (χ0n) is 28.8. The van der Waals surface area contributed by atoms with Gasteiger partial charge in [0.05, 0.1) is 0 Å². The minimum absolute atomic E-state index is 0.178. The molecule has 1 aliphatic rings. The van der Waals surface area contributed by atoms with E-state index >= 15 is 0 Å². The van der Waals surface area contributed by atoms with Crippen molar-refractivity contribution in [2.45, 2.75) is 19.3 Å². The predicted molar refractivity (Wildman–Crippen MR) is 212 cm³/mol. The van der Waals surface area contributed by atoms with Crippen LogP contribution in [0.3, 0.4) is 0 Å². The Kier molecular flexibility index (Phi) is 6.80. The molecule has 0 radical (unpaired) electrons. The lowest BCUT2D eigenvalue weighted by Crippen LogP contribution is -2.15. The molecule has 4 heteroatoms. The van der Waals surface area contributed by atoms with Crippen LogP contribution in [0.15, 0.2) is 168 Å². The van der Waals surface area contributed by atoms with Crippen molar-refractivity contribution in [1.29, 1.82) is 0 Å². The fourth-order valence-corrected chi connectivity index (χ4v) is 7.93. The van der Waals surface area contributed by atoms with E-state index in [1.165, 1.54) is 44.2 Å². The minimum Gasteiger partial charge on any atom is -0.456 e. The van der Waals surface area contributed by atoms with E-state index in [0.717, 1.165) is 39.0 Å². The zero-order valence-corrected chi connectivity index (χ0v) is 28.8. The summed E-state index contributed by atoms with van der Waals surface area (Å²) in [6.07, 6.45) is 0. The first kappa shape index (κ1) is 30.2. The van der Waals surface area contributed by atoms with Crippen LogP contribution in [0.25, 0.3) is 89.5 Å². The molecule has 0 aliphatic heterocycles. The van der Waals surface area contributed by atoms with Crippen molar-refractivity contribution in [3.05, 3.63) is 175 Å². The molecule has 2 aromatic heterocycles. The van der Waals surface area contributed by atoms with Gasteiger partial charge in [-0.25, -0.2) is 15.0 Å². The lowest BCUT2D eigenvalue weighted by molar-refractivity contribution is 0.657. The van der Waals surface area contributed by atoms with E-state index in [4.69, 9.17) is 19.4 Å². The van der Waals surface area contributed by atoms with Crippen molar-refractivity contribution < 1.29 is 4.42 Å². The summed E-state index contributed by atoms with van der Waals surface area (Å²) in [5.74, 6) is 1.96. The Hall–Kier alpha value is -6.65. The Bertz CT molecular complexity index is 2740. The van der Waals surface area contributed by atoms with E-state index in [1.807, 2.05) is 66.7 Å². The Morgan fingerprint density at radius 2 is 0.923 bits per heavy atom. The highest BCUT2D eigenvalue weighted by Crippen LogP contribution is 2.53. The summed E-state index contributed by atoms with van der Waals surface area (Å²) in [6, 6.07) is 57.2. The monoisotopic (exact) mass is 667 g/mol. The Morgan fingerprint density at radius 3 is 1.60 bits per heavy atom. The average molecular weight is 668 g/mol. The first-order valence-electron chi connectivity index (χ1n) is 17.7. The van der Waals surface area contributed by atoms with Gasteiger partial charge in [-0.05, 0) is 68.8 Å². The zero-order chi connectivity index (χ0) is 34.8. The average Bonchev–Trinajstić information content (AvgIpc) is 3.70. The second kappa shape index (κ2) is 11.7. The number of para-hydroxylation sites is 1. The SMILES string of the molecule is CC1(C)c2cc(-c3ccc(-c4cccc(-c5nc(-c6ccccc6)nc(-c6ccccc6)n5)c4)cc3)ccc2-c2ccc3oc4ccccc4c3c21. The Morgan fingerprint density at radius 1 is 0.404 bits per heavy atom. The molecule has 0 fully saturated rings. The number of benzene rings is 7. The molecule has 1 aliphatic carbocycles. The first-order chi connectivity index (χ1) is 25.5. The summed E-state index contributed by atoms with van der Waals surface area (Å²) in [6.45, 7) is 4.69. The van der Waals surface area contributed by atoms with Crippen molar-refractivity contribution >= 4 is 21.9 Å². The third kappa shape index (κ3) is 4.87. The summed E-state index contributed by atoms with van der Waals surface area (Å²) < 4.78 is 6.28. The maximum atomic E-state index is 6.28. The Labute approximate surface area is 302 Å². The van der Waals surface area contributed by atoms with Gasteiger partial charge in [0, 0.05) is 32.9 Å². The minimum atomic E-state index is -0.178. The number of hydrogen-bond acceptors (Lipinski definition) is 4. The lowest BCUT2D eigenvalue weighted by atomic mass is 9.80. The second-order valence-corrected chi connectivity index (χ2v) is 14.0. The summed E-state index contributed by atoms with van der Waals surface area (Å²) in [4.78, 5) is 14.7. The summed E-state index contributed by atoms with van der Waals surface area (Å²) in [5, 5.41) is 2.41. The van der Waals surface area contributed by atoms with Gasteiger partial charge >= 0.3 is 0 Å². The van der Waals surface area contributed by atoms with E-state index in [1.54, 1.807) is 0 Å². The third-order valence-corrected chi connectivity index (χ3v) is 10.5. The molecular formula is C48H33N3O. The van der Waals surface area contributed by atoms with Crippen LogP contribution in [0.1, 0.15) is 25.0 Å². The van der Waals surface area contributed by atoms with Crippen molar-refractivity contribution in [3.8, 4) is 67.5 Å². The molecule has 0 saturated carbocycles. The van der Waals surface area contributed by atoms with Crippen LogP contribution in [0.5, 0.6) is 0 Å². The van der Waals surface area contributed by atoms with Gasteiger partial charge in [-0.2, -0.15) is 0 Å². The maximum Gasteiger partial charge on any atom is 0.164 e. The first-order valence-corrected chi connectivity index (χ1v) is 17.7. The van der Waals surface area contributed by atoms with Gasteiger partial charge in [0.1, 0.15) is 11.2 Å². The molecule has 0 atom stereocenters. The molecule has 0 N–H and O–H groups in total. The molecule has 0 spiro atoms. The normalized spacial score (nSPS) is 13.0. The molecule has 52 heavy (non-hydrogen) atoms. The van der Waals surface area contributed by atoms with Gasteiger partial charge in [-0.15, -0.1) is 0 Å². The standard InChI is InChI=1S/C48H33N3O/c1-48(2)40-29-35(24-25-37(40)38-26-27-42-43(44(38)48)39-18-9-10-19-41(39)52-42)31-22-20-30(21-23-31)34-16-11-17-36(28-34)47-50-45(32-12-5-3-6-13-32)49-46(51-47)33-14-7-4-8-15-33/h3-29H,1-2H3. The topological polar surface area (TPSA) is 51.8 Å². The molecule has 9 aromatic rings. The largest absolute Gasteiger partial charge is 0.456 e. The number of rotatable bonds is 5. The van der Waals surface area contributed by atoms with Crippen LogP contribution in [0.2, 0.25) is 0 Å². The summed E-state index contributed by atoms with van der Waals surface area (Å²) >= 11 is 0. The van der Waals surface area contributed by atoms with E-state index in [0.29, 0.717) is 17.5 Å². The van der Waals surface area contributed by atoms with Gasteiger partial charge in [0.2, 0.25) is 0 Å². The van der Waals surface area contributed by atoms with Crippen LogP contribution >= 0.6 is 0 Å². The number of aromatic nitrogens is 3. The molecule has 2 heterocycles. The molecule has 0 saturated heterocycles. The highest BCUT2D eigenvalue weighted by Gasteiger charge is 2.38. The van der Waals surface area contributed by atoms with Gasteiger partial charge in [-0.3, -0.25) is 0 Å². The van der Waals surface area contributed by atoms with Gasteiger partial charge in [0.25, 0.3) is 0 Å². The number of nitrogens with zero attached hydrogens (tertiary/aromatic N) is 3. The molecule has 0 bridgehead atoms. The molecule has 10 rings (SSSR count). The van der Waals surface area contributed by atoms with E-state index in [-0.39, 0.29) is 5.41 Å². The second-order valence-electron chi connectivity index (χ2n) is 14.0. The third-order valence-electron chi connectivity index (χ3n) is 10.5. The van der Waals surface area contributed by atoms with Crippen molar-refractivity contribution in [2.75, 3.05) is 0 Å². The maximum absolute atomic E-state index is 6.28. The van der Waals surface area contributed by atoms with Gasteiger partial charge in [-0.1, -0.05) is 153 Å². The number of hydrogen-bond donors (Lipinski definition) is 0. The van der Waals surface area contributed by atoms with Crippen molar-refractivity contribution in [1.82, 2.24) is 15.0 Å². The van der Waals surface area contributed by atoms with Crippen LogP contribution in [0, 0.1) is 0 Å². The highest BCUT2D eigenvalue weighted by molar-refractivity contribution is 6.11. The Balaban J connectivity index is 0.992. The fraction of sp³-hybridized carbons (Fsp3) is 0.0625. The molecule has 0 amide bonds. The van der Waals surface area contributed by atoms with Crippen LogP contribution in [-0.2, 0) is 5.41 Å². The molecule has 7 aromatic carbocycles. The molecular weight excluding hydrogens is 635 g/mol. The van der Waals surface area contributed by atoms with Crippen LogP contribution in [-0.4, -0.2) is 15.0 Å². The van der Waals surface area contributed by atoms with E-state index in [2.05, 4.69) is 111 Å².